The van der Waals surface area contributed by atoms with Gasteiger partial charge in [0.05, 0.1) is 93.2 Å². The SMILES string of the molecule is CC[C@H](C(=O)N1CCCC[C@H]1C(=O)O[C@H](CCc1ccc(OC)c(OC)c1)c1ccccc1OCC(=O)NCCOCCOCCOCCNC(=O)CCCC[C@@H]1SC[C@@H]2NC(=O)N[C@@H]21)c1cc(OC)c(OC)c(OC)c1. The first-order valence-corrected chi connectivity index (χ1v) is 27.8. The first-order valence-electron chi connectivity index (χ1n) is 26.7. The fraction of sp³-hybridized carbons (Fsp3) is 0.589. The van der Waals surface area contributed by atoms with Crippen LogP contribution >= 0.6 is 11.8 Å². The van der Waals surface area contributed by atoms with Gasteiger partial charge in [-0.2, -0.15) is 11.8 Å². The Morgan fingerprint density at radius 1 is 0.740 bits per heavy atom. The summed E-state index contributed by atoms with van der Waals surface area (Å²) in [4.78, 5) is 67.6. The van der Waals surface area contributed by atoms with Gasteiger partial charge in [0, 0.05) is 42.6 Å². The summed E-state index contributed by atoms with van der Waals surface area (Å²) >= 11 is 1.88. The van der Waals surface area contributed by atoms with Gasteiger partial charge in [-0.05, 0) is 92.8 Å². The maximum Gasteiger partial charge on any atom is 0.329 e. The quantitative estimate of drug-likeness (QED) is 0.0310. The fourth-order valence-corrected chi connectivity index (χ4v) is 11.4. The summed E-state index contributed by atoms with van der Waals surface area (Å²) in [5.41, 5.74) is 2.17. The van der Waals surface area contributed by atoms with Gasteiger partial charge in [-0.3, -0.25) is 14.4 Å². The third-order valence-electron chi connectivity index (χ3n) is 13.8. The van der Waals surface area contributed by atoms with Crippen LogP contribution in [-0.2, 0) is 44.5 Å². The van der Waals surface area contributed by atoms with Crippen LogP contribution in [0.1, 0.15) is 93.4 Å². The number of carbonyl (C=O) groups excluding carboxylic acids is 5. The van der Waals surface area contributed by atoms with Crippen molar-refractivity contribution in [2.24, 2.45) is 0 Å². The van der Waals surface area contributed by atoms with Gasteiger partial charge in [0.25, 0.3) is 5.91 Å². The van der Waals surface area contributed by atoms with Crippen LogP contribution in [0.5, 0.6) is 34.5 Å². The normalized spacial score (nSPS) is 18.5. The highest BCUT2D eigenvalue weighted by molar-refractivity contribution is 8.00. The largest absolute Gasteiger partial charge is 0.493 e. The summed E-state index contributed by atoms with van der Waals surface area (Å²) in [7, 11) is 7.72. The van der Waals surface area contributed by atoms with E-state index in [0.29, 0.717) is 129 Å². The smallest absolute Gasteiger partial charge is 0.329 e. The van der Waals surface area contributed by atoms with E-state index in [-0.39, 0.29) is 55.6 Å². The first kappa shape index (κ1) is 60.1. The maximum atomic E-state index is 14.6. The number of fused-ring (bicyclic) bond motifs is 1. The number of rotatable bonds is 34. The van der Waals surface area contributed by atoms with Crippen LogP contribution in [0, 0.1) is 0 Å². The summed E-state index contributed by atoms with van der Waals surface area (Å²) in [6.07, 6.45) is 5.54. The van der Waals surface area contributed by atoms with Crippen LogP contribution in [0.3, 0.4) is 0 Å². The highest BCUT2D eigenvalue weighted by atomic mass is 32.2. The Kier molecular flexibility index (Phi) is 24.9. The van der Waals surface area contributed by atoms with Gasteiger partial charge in [0.15, 0.2) is 29.6 Å². The lowest BCUT2D eigenvalue weighted by Gasteiger charge is -2.37. The molecule has 6 rings (SSSR count). The summed E-state index contributed by atoms with van der Waals surface area (Å²) in [6.45, 7) is 4.74. The van der Waals surface area contributed by atoms with Gasteiger partial charge in [0.2, 0.25) is 17.6 Å². The maximum absolute atomic E-state index is 14.6. The number of benzene rings is 3. The van der Waals surface area contributed by atoms with E-state index in [0.717, 1.165) is 43.4 Å². The topological polar surface area (TPSA) is 229 Å². The van der Waals surface area contributed by atoms with E-state index in [1.165, 1.54) is 21.3 Å². The van der Waals surface area contributed by atoms with E-state index in [1.807, 2.05) is 49.0 Å². The van der Waals surface area contributed by atoms with E-state index in [4.69, 9.17) is 47.4 Å². The van der Waals surface area contributed by atoms with E-state index in [9.17, 15) is 24.0 Å². The molecule has 77 heavy (non-hydrogen) atoms. The molecular formula is C56H79N5O15S. The van der Waals surface area contributed by atoms with Crippen LogP contribution < -0.4 is 49.7 Å². The molecule has 3 aromatic rings. The number of hydrogen-bond donors (Lipinski definition) is 4. The molecule has 0 spiro atoms. The number of esters is 1. The van der Waals surface area contributed by atoms with E-state index >= 15 is 0 Å². The number of aryl methyl sites for hydroxylation is 1. The average Bonchev–Trinajstić information content (AvgIpc) is 4.04. The Bertz CT molecular complexity index is 2350. The monoisotopic (exact) mass is 1090 g/mol. The molecule has 3 fully saturated rings. The molecule has 0 aromatic heterocycles. The van der Waals surface area contributed by atoms with E-state index in [1.54, 1.807) is 43.4 Å². The highest BCUT2D eigenvalue weighted by Crippen LogP contribution is 2.42. The number of nitrogens with zero attached hydrogens (tertiary/aromatic N) is 1. The third kappa shape index (κ3) is 17.7. The van der Waals surface area contributed by atoms with Crippen molar-refractivity contribution in [3.8, 4) is 34.5 Å². The molecular weight excluding hydrogens is 1010 g/mol. The number of likely N-dealkylation sites (tertiary alicyclic amines) is 1. The summed E-state index contributed by atoms with van der Waals surface area (Å²) in [5.74, 6) is 2.03. The number of urea groups is 1. The molecule has 3 aliphatic rings. The van der Waals surface area contributed by atoms with Gasteiger partial charge in [-0.1, -0.05) is 37.6 Å². The number of carbonyl (C=O) groups is 5. The zero-order valence-corrected chi connectivity index (χ0v) is 46.3. The van der Waals surface area contributed by atoms with Crippen LogP contribution in [0.25, 0.3) is 0 Å². The predicted octanol–water partition coefficient (Wildman–Crippen LogP) is 5.91. The number of ether oxygens (including phenoxy) is 10. The molecule has 3 aliphatic heterocycles. The Hall–Kier alpha value is -6.16. The molecule has 0 unspecified atom stereocenters. The van der Waals surface area contributed by atoms with Crippen LogP contribution in [0.15, 0.2) is 54.6 Å². The number of unbranched alkanes of at least 4 members (excludes halogenated alkanes) is 1. The van der Waals surface area contributed by atoms with Crippen molar-refractivity contribution in [2.75, 3.05) is 107 Å². The average molecular weight is 1090 g/mol. The van der Waals surface area contributed by atoms with Gasteiger partial charge in [-0.25, -0.2) is 9.59 Å². The van der Waals surface area contributed by atoms with Crippen molar-refractivity contribution in [3.63, 3.8) is 0 Å². The standard InChI is InChI=1S/C56H79N5O15S/c1-7-39(38-33-47(69-4)53(71-6)48(34-38)70-5)54(64)61-25-13-12-15-42(61)55(65)76-44(21-19-37-20-22-45(67-2)46(32-37)68-3)40-14-8-9-16-43(40)75-35-51(63)58-24-27-73-29-31-74-30-28-72-26-23-57-50(62)18-11-10-17-49-52-41(36-77-49)59-56(66)60-52/h8-9,14,16,20,22,32-34,39,41-42,44,49,52H,7,10-13,15,17-19,21,23-31,35-36H2,1-6H3,(H,57,62)(H,58,63)(H2,59,60,66)/t39-,41-,42-,44+,49-,52-/m0/s1. The Balaban J connectivity index is 0.934. The number of methoxy groups -OCH3 is 5. The Morgan fingerprint density at radius 2 is 1.42 bits per heavy atom. The molecule has 6 atom stereocenters. The molecule has 0 saturated carbocycles. The Morgan fingerprint density at radius 3 is 2.09 bits per heavy atom. The highest BCUT2D eigenvalue weighted by Gasteiger charge is 2.43. The fourth-order valence-electron chi connectivity index (χ4n) is 9.83. The van der Waals surface area contributed by atoms with Crippen LogP contribution in [0.2, 0.25) is 0 Å². The predicted molar refractivity (Wildman–Crippen MR) is 290 cm³/mol. The summed E-state index contributed by atoms with van der Waals surface area (Å²) in [6, 6.07) is 15.8. The zero-order chi connectivity index (χ0) is 54.9. The molecule has 20 nitrogen and oxygen atoms in total. The second kappa shape index (κ2) is 31.9. The minimum atomic E-state index is -0.838. The number of piperidine rings is 1. The second-order valence-electron chi connectivity index (χ2n) is 18.8. The first-order chi connectivity index (χ1) is 37.5. The van der Waals surface area contributed by atoms with Crippen molar-refractivity contribution >= 4 is 41.5 Å². The molecule has 424 valence electrons. The number of thioether (sulfide) groups is 1. The second-order valence-corrected chi connectivity index (χ2v) is 20.1. The molecule has 5 amide bonds. The van der Waals surface area contributed by atoms with Crippen LogP contribution in [-0.4, -0.2) is 165 Å². The minimum Gasteiger partial charge on any atom is -0.493 e. The number of hydrogen-bond acceptors (Lipinski definition) is 16. The molecule has 4 N–H and O–H groups in total. The van der Waals surface area contributed by atoms with E-state index in [2.05, 4.69) is 21.3 Å². The molecule has 3 saturated heterocycles. The van der Waals surface area contributed by atoms with Gasteiger partial charge < -0.3 is 73.5 Å². The van der Waals surface area contributed by atoms with Crippen LogP contribution in [0.4, 0.5) is 4.79 Å². The van der Waals surface area contributed by atoms with Crippen molar-refractivity contribution in [1.82, 2.24) is 26.2 Å². The number of para-hydroxylation sites is 1. The van der Waals surface area contributed by atoms with Gasteiger partial charge in [-0.15, -0.1) is 0 Å². The number of amides is 5. The lowest BCUT2D eigenvalue weighted by molar-refractivity contribution is -0.162. The lowest BCUT2D eigenvalue weighted by Crippen LogP contribution is -2.50. The van der Waals surface area contributed by atoms with Gasteiger partial charge in [0.1, 0.15) is 17.9 Å². The third-order valence-corrected chi connectivity index (χ3v) is 15.4. The molecule has 0 radical (unpaired) electrons. The van der Waals surface area contributed by atoms with E-state index < -0.39 is 24.0 Å². The van der Waals surface area contributed by atoms with Crippen molar-refractivity contribution in [3.05, 3.63) is 71.3 Å². The summed E-state index contributed by atoms with van der Waals surface area (Å²) < 4.78 is 57.1. The molecule has 3 aromatic carbocycles. The zero-order valence-electron chi connectivity index (χ0n) is 45.5. The van der Waals surface area contributed by atoms with Gasteiger partial charge >= 0.3 is 12.0 Å². The molecule has 0 aliphatic carbocycles. The lowest BCUT2D eigenvalue weighted by atomic mass is 9.91. The summed E-state index contributed by atoms with van der Waals surface area (Å²) in [5, 5.41) is 12.1. The molecule has 3 heterocycles. The number of nitrogens with one attached hydrogen (secondary N) is 4. The Labute approximate surface area is 456 Å². The molecule has 21 heteroatoms. The minimum absolute atomic E-state index is 0.00287. The molecule has 0 bridgehead atoms. The van der Waals surface area contributed by atoms with Crippen molar-refractivity contribution in [1.29, 1.82) is 0 Å². The van der Waals surface area contributed by atoms with Crippen molar-refractivity contribution in [2.45, 2.75) is 107 Å². The van der Waals surface area contributed by atoms with Crippen molar-refractivity contribution < 1.29 is 71.3 Å².